The normalized spacial score (nSPS) is 12.6. The Labute approximate surface area is 123 Å². The maximum atomic E-state index is 12.7. The van der Waals surface area contributed by atoms with Gasteiger partial charge in [0.25, 0.3) is 0 Å². The van der Waals surface area contributed by atoms with Crippen LogP contribution in [0.1, 0.15) is 19.7 Å². The third-order valence-corrected chi connectivity index (χ3v) is 2.73. The SMILES string of the molecule is CNc1cc(NCC(C)(C)CN(C)C)nc(C(F)(F)F)n1. The summed E-state index contributed by atoms with van der Waals surface area (Å²) in [6.07, 6.45) is -4.57. The molecule has 2 N–H and O–H groups in total. The molecule has 0 fully saturated rings. The van der Waals surface area contributed by atoms with Gasteiger partial charge in [-0.2, -0.15) is 13.2 Å². The molecule has 0 radical (unpaired) electrons. The number of hydrogen-bond donors (Lipinski definition) is 2. The zero-order valence-corrected chi connectivity index (χ0v) is 13.0. The Hall–Kier alpha value is -1.57. The summed E-state index contributed by atoms with van der Waals surface area (Å²) in [4.78, 5) is 8.98. The lowest BCUT2D eigenvalue weighted by molar-refractivity contribution is -0.144. The first-order valence-electron chi connectivity index (χ1n) is 6.56. The third kappa shape index (κ3) is 5.74. The monoisotopic (exact) mass is 305 g/mol. The molecule has 1 aromatic heterocycles. The Morgan fingerprint density at radius 2 is 1.71 bits per heavy atom. The molecule has 0 unspecified atom stereocenters. The van der Waals surface area contributed by atoms with Gasteiger partial charge < -0.3 is 15.5 Å². The molecule has 5 nitrogen and oxygen atoms in total. The average molecular weight is 305 g/mol. The molecular formula is C13H22F3N5. The Bertz CT molecular complexity index is 471. The topological polar surface area (TPSA) is 53.1 Å². The van der Waals surface area contributed by atoms with Crippen molar-refractivity contribution in [1.29, 1.82) is 0 Å². The van der Waals surface area contributed by atoms with E-state index in [2.05, 4.69) is 20.6 Å². The van der Waals surface area contributed by atoms with Gasteiger partial charge in [0.1, 0.15) is 11.6 Å². The number of anilines is 2. The van der Waals surface area contributed by atoms with E-state index >= 15 is 0 Å². The minimum Gasteiger partial charge on any atom is -0.373 e. The zero-order chi connectivity index (χ0) is 16.3. The van der Waals surface area contributed by atoms with Gasteiger partial charge in [0.15, 0.2) is 0 Å². The molecule has 0 saturated carbocycles. The summed E-state index contributed by atoms with van der Waals surface area (Å²) >= 11 is 0. The fraction of sp³-hybridized carbons (Fsp3) is 0.692. The van der Waals surface area contributed by atoms with Crippen molar-refractivity contribution < 1.29 is 13.2 Å². The van der Waals surface area contributed by atoms with Gasteiger partial charge in [-0.1, -0.05) is 13.8 Å². The minimum absolute atomic E-state index is 0.105. The van der Waals surface area contributed by atoms with Crippen molar-refractivity contribution in [1.82, 2.24) is 14.9 Å². The Kier molecular flexibility index (Phi) is 5.38. The molecule has 0 aliphatic carbocycles. The number of aromatic nitrogens is 2. The maximum Gasteiger partial charge on any atom is 0.451 e. The quantitative estimate of drug-likeness (QED) is 0.846. The van der Waals surface area contributed by atoms with Gasteiger partial charge >= 0.3 is 6.18 Å². The van der Waals surface area contributed by atoms with E-state index in [1.54, 1.807) is 0 Å². The number of alkyl halides is 3. The molecular weight excluding hydrogens is 283 g/mol. The van der Waals surface area contributed by atoms with Crippen LogP contribution in [0, 0.1) is 5.41 Å². The van der Waals surface area contributed by atoms with Crippen LogP contribution < -0.4 is 10.6 Å². The van der Waals surface area contributed by atoms with Crippen LogP contribution in [0.25, 0.3) is 0 Å². The predicted octanol–water partition coefficient (Wildman–Crippen LogP) is 2.54. The van der Waals surface area contributed by atoms with Crippen molar-refractivity contribution in [3.05, 3.63) is 11.9 Å². The van der Waals surface area contributed by atoms with Gasteiger partial charge in [-0.15, -0.1) is 0 Å². The molecule has 0 spiro atoms. The summed E-state index contributed by atoms with van der Waals surface area (Å²) in [5, 5.41) is 5.57. The number of halogens is 3. The molecule has 1 aromatic rings. The van der Waals surface area contributed by atoms with Crippen LogP contribution in [0.5, 0.6) is 0 Å². The molecule has 1 heterocycles. The smallest absolute Gasteiger partial charge is 0.373 e. The van der Waals surface area contributed by atoms with Crippen LogP contribution in [-0.2, 0) is 6.18 Å². The second-order valence-electron chi connectivity index (χ2n) is 5.97. The number of nitrogens with one attached hydrogen (secondary N) is 2. The molecule has 0 atom stereocenters. The van der Waals surface area contributed by atoms with E-state index in [-0.39, 0.29) is 17.1 Å². The Morgan fingerprint density at radius 1 is 1.14 bits per heavy atom. The fourth-order valence-corrected chi connectivity index (χ4v) is 2.03. The number of rotatable bonds is 6. The van der Waals surface area contributed by atoms with Crippen LogP contribution in [0.4, 0.5) is 24.8 Å². The van der Waals surface area contributed by atoms with Crippen LogP contribution in [0.15, 0.2) is 6.07 Å². The Morgan fingerprint density at radius 3 is 2.19 bits per heavy atom. The summed E-state index contributed by atoms with van der Waals surface area (Å²) in [7, 11) is 5.42. The highest BCUT2D eigenvalue weighted by Crippen LogP contribution is 2.28. The molecule has 0 saturated heterocycles. The largest absolute Gasteiger partial charge is 0.451 e. The van der Waals surface area contributed by atoms with Gasteiger partial charge in [-0.3, -0.25) is 0 Å². The molecule has 120 valence electrons. The predicted molar refractivity (Wildman–Crippen MR) is 77.4 cm³/mol. The first kappa shape index (κ1) is 17.5. The standard InChI is InChI=1S/C13H22F3N5/c1-12(2,8-21(4)5)7-18-10-6-9(17-3)19-11(20-10)13(14,15)16/h6H,7-8H2,1-5H3,(H2,17,18,19,20). The van der Waals surface area contributed by atoms with Crippen molar-refractivity contribution in [3.63, 3.8) is 0 Å². The van der Waals surface area contributed by atoms with Crippen molar-refractivity contribution in [3.8, 4) is 0 Å². The summed E-state index contributed by atoms with van der Waals surface area (Å²) in [5.41, 5.74) is -0.105. The lowest BCUT2D eigenvalue weighted by Crippen LogP contribution is -2.34. The molecule has 8 heteroatoms. The van der Waals surface area contributed by atoms with E-state index < -0.39 is 12.0 Å². The maximum absolute atomic E-state index is 12.7. The Balaban J connectivity index is 2.88. The molecule has 1 rings (SSSR count). The van der Waals surface area contributed by atoms with Gasteiger partial charge in [-0.25, -0.2) is 9.97 Å². The molecule has 0 amide bonds. The van der Waals surface area contributed by atoms with Gasteiger partial charge in [0.05, 0.1) is 0 Å². The summed E-state index contributed by atoms with van der Waals surface area (Å²) in [5.74, 6) is -0.860. The highest BCUT2D eigenvalue weighted by molar-refractivity contribution is 5.47. The number of nitrogens with zero attached hydrogens (tertiary/aromatic N) is 3. The third-order valence-electron chi connectivity index (χ3n) is 2.73. The first-order chi connectivity index (χ1) is 9.53. The van der Waals surface area contributed by atoms with Gasteiger partial charge in [0.2, 0.25) is 5.82 Å². The van der Waals surface area contributed by atoms with Crippen molar-refractivity contribution in [2.45, 2.75) is 20.0 Å². The first-order valence-corrected chi connectivity index (χ1v) is 6.56. The van der Waals surface area contributed by atoms with Crippen molar-refractivity contribution in [2.24, 2.45) is 5.41 Å². The highest BCUT2D eigenvalue weighted by Gasteiger charge is 2.35. The molecule has 0 aliphatic rings. The van der Waals surface area contributed by atoms with Crippen LogP contribution in [0.3, 0.4) is 0 Å². The van der Waals surface area contributed by atoms with Crippen molar-refractivity contribution >= 4 is 11.6 Å². The lowest BCUT2D eigenvalue weighted by atomic mass is 9.93. The summed E-state index contributed by atoms with van der Waals surface area (Å²) in [6, 6.07) is 1.46. The summed E-state index contributed by atoms with van der Waals surface area (Å²) < 4.78 is 38.2. The van der Waals surface area contributed by atoms with E-state index in [0.717, 1.165) is 6.54 Å². The molecule has 0 aromatic carbocycles. The summed E-state index contributed by atoms with van der Waals surface area (Å²) in [6.45, 7) is 5.37. The van der Waals surface area contributed by atoms with E-state index in [9.17, 15) is 13.2 Å². The van der Waals surface area contributed by atoms with E-state index in [1.165, 1.54) is 13.1 Å². The van der Waals surface area contributed by atoms with E-state index in [0.29, 0.717) is 6.54 Å². The second kappa shape index (κ2) is 6.46. The van der Waals surface area contributed by atoms with Crippen LogP contribution >= 0.6 is 0 Å². The average Bonchev–Trinajstić information content (AvgIpc) is 2.33. The zero-order valence-electron chi connectivity index (χ0n) is 13.0. The van der Waals surface area contributed by atoms with Crippen LogP contribution in [0.2, 0.25) is 0 Å². The lowest BCUT2D eigenvalue weighted by Gasteiger charge is -2.28. The van der Waals surface area contributed by atoms with Gasteiger partial charge in [0, 0.05) is 26.2 Å². The molecule has 0 aliphatic heterocycles. The second-order valence-corrected chi connectivity index (χ2v) is 5.97. The molecule has 21 heavy (non-hydrogen) atoms. The minimum atomic E-state index is -4.57. The van der Waals surface area contributed by atoms with E-state index in [1.807, 2.05) is 32.8 Å². The van der Waals surface area contributed by atoms with Crippen molar-refractivity contribution in [2.75, 3.05) is 44.9 Å². The highest BCUT2D eigenvalue weighted by atomic mass is 19.4. The molecule has 0 bridgehead atoms. The van der Waals surface area contributed by atoms with Crippen LogP contribution in [-0.4, -0.2) is 49.1 Å². The van der Waals surface area contributed by atoms with E-state index in [4.69, 9.17) is 0 Å². The number of hydrogen-bond acceptors (Lipinski definition) is 5. The fourth-order valence-electron chi connectivity index (χ4n) is 2.03. The van der Waals surface area contributed by atoms with Gasteiger partial charge in [-0.05, 0) is 19.5 Å².